The van der Waals surface area contributed by atoms with E-state index in [0.29, 0.717) is 5.69 Å². The molecule has 1 heterocycles. The molecule has 0 aliphatic heterocycles. The van der Waals surface area contributed by atoms with E-state index in [0.717, 1.165) is 6.07 Å². The normalized spacial score (nSPS) is 12.4. The molecule has 0 N–H and O–H groups in total. The van der Waals surface area contributed by atoms with Crippen molar-refractivity contribution < 1.29 is 9.31 Å². The lowest BCUT2D eigenvalue weighted by molar-refractivity contribution is -0.387. The molecule has 2 rings (SSSR count). The molecule has 1 aromatic heterocycles. The van der Waals surface area contributed by atoms with Crippen LogP contribution in [0.15, 0.2) is 24.4 Å². The predicted molar refractivity (Wildman–Crippen MR) is 66.4 cm³/mol. The van der Waals surface area contributed by atoms with Crippen LogP contribution < -0.4 is 0 Å². The van der Waals surface area contributed by atoms with Crippen molar-refractivity contribution in [2.75, 3.05) is 0 Å². The zero-order chi connectivity index (χ0) is 14.0. The summed E-state index contributed by atoms with van der Waals surface area (Å²) in [5.41, 5.74) is 0.184. The number of nitrogens with zero attached hydrogens (tertiary/aromatic N) is 4. The number of aromatic nitrogens is 3. The fourth-order valence-electron chi connectivity index (χ4n) is 1.58. The summed E-state index contributed by atoms with van der Waals surface area (Å²) < 4.78 is 15.2. The maximum atomic E-state index is 13.8. The first kappa shape index (κ1) is 13.4. The fraction of sp³-hybridized carbons (Fsp3) is 0.273. The summed E-state index contributed by atoms with van der Waals surface area (Å²) in [7, 11) is 0. The van der Waals surface area contributed by atoms with Crippen molar-refractivity contribution in [3.63, 3.8) is 0 Å². The molecule has 0 radical (unpaired) electrons. The summed E-state index contributed by atoms with van der Waals surface area (Å²) in [4.78, 5) is 9.88. The van der Waals surface area contributed by atoms with Crippen molar-refractivity contribution in [3.05, 3.63) is 51.6 Å². The summed E-state index contributed by atoms with van der Waals surface area (Å²) in [5.74, 6) is -0.858. The predicted octanol–water partition coefficient (Wildman–Crippen LogP) is 2.67. The lowest BCUT2D eigenvalue weighted by atomic mass is 10.2. The zero-order valence-electron chi connectivity index (χ0n) is 9.96. The van der Waals surface area contributed by atoms with E-state index >= 15 is 0 Å². The Morgan fingerprint density at radius 3 is 2.89 bits per heavy atom. The molecule has 0 fully saturated rings. The van der Waals surface area contributed by atoms with Crippen molar-refractivity contribution in [3.8, 4) is 0 Å². The minimum atomic E-state index is -0.858. The minimum absolute atomic E-state index is 0.0596. The van der Waals surface area contributed by atoms with Crippen LogP contribution in [0.1, 0.15) is 23.6 Å². The first-order valence-corrected chi connectivity index (χ1v) is 5.88. The molecule has 2 aromatic rings. The molecule has 8 heteroatoms. The topological polar surface area (TPSA) is 73.8 Å². The molecule has 0 bridgehead atoms. The highest BCUT2D eigenvalue weighted by Crippen LogP contribution is 2.21. The van der Waals surface area contributed by atoms with Gasteiger partial charge in [0.05, 0.1) is 23.0 Å². The van der Waals surface area contributed by atoms with Gasteiger partial charge in [-0.05, 0) is 6.92 Å². The number of hydrogen-bond acceptors (Lipinski definition) is 4. The van der Waals surface area contributed by atoms with Crippen LogP contribution in [0.3, 0.4) is 0 Å². The summed E-state index contributed by atoms with van der Waals surface area (Å²) >= 11 is 5.84. The second-order valence-corrected chi connectivity index (χ2v) is 4.62. The van der Waals surface area contributed by atoms with Gasteiger partial charge >= 0.3 is 5.69 Å². The Labute approximate surface area is 113 Å². The Balaban J connectivity index is 2.28. The molecule has 19 heavy (non-hydrogen) atoms. The average Bonchev–Trinajstić information content (AvgIpc) is 2.80. The van der Waals surface area contributed by atoms with Gasteiger partial charge < -0.3 is 0 Å². The van der Waals surface area contributed by atoms with Gasteiger partial charge in [0.25, 0.3) is 0 Å². The van der Waals surface area contributed by atoms with E-state index < -0.39 is 16.4 Å². The van der Waals surface area contributed by atoms with Gasteiger partial charge in [0, 0.05) is 11.6 Å². The van der Waals surface area contributed by atoms with Crippen molar-refractivity contribution in [1.82, 2.24) is 15.0 Å². The minimum Gasteiger partial charge on any atom is -0.258 e. The number of hydrogen-bond donors (Lipinski definition) is 0. The van der Waals surface area contributed by atoms with Gasteiger partial charge in [0.1, 0.15) is 5.69 Å². The standard InChI is InChI=1S/C11H10ClFN4O2/c1-7(12)9-6-16(15-14-9)5-8-3-2-4-10(11(8)13)17(18)19/h2-4,6-7H,5H2,1H3. The quantitative estimate of drug-likeness (QED) is 0.491. The van der Waals surface area contributed by atoms with Gasteiger partial charge in [-0.25, -0.2) is 4.68 Å². The first-order valence-electron chi connectivity index (χ1n) is 5.45. The van der Waals surface area contributed by atoms with Crippen LogP contribution in [0.4, 0.5) is 10.1 Å². The molecule has 1 unspecified atom stereocenters. The molecule has 1 aromatic carbocycles. The molecule has 0 spiro atoms. The van der Waals surface area contributed by atoms with E-state index in [1.165, 1.54) is 16.8 Å². The molecule has 0 aliphatic carbocycles. The molecule has 100 valence electrons. The summed E-state index contributed by atoms with van der Waals surface area (Å²) in [6, 6.07) is 4.01. The second kappa shape index (κ2) is 5.31. The van der Waals surface area contributed by atoms with Gasteiger partial charge in [-0.15, -0.1) is 16.7 Å². The third-order valence-electron chi connectivity index (χ3n) is 2.55. The first-order chi connectivity index (χ1) is 8.99. The Morgan fingerprint density at radius 2 is 2.32 bits per heavy atom. The molecule has 6 nitrogen and oxygen atoms in total. The number of rotatable bonds is 4. The van der Waals surface area contributed by atoms with Gasteiger partial charge in [-0.2, -0.15) is 4.39 Å². The molecule has 0 aliphatic rings. The van der Waals surface area contributed by atoms with E-state index in [2.05, 4.69) is 10.3 Å². The van der Waals surface area contributed by atoms with Gasteiger partial charge in [0.2, 0.25) is 5.82 Å². The number of halogens is 2. The van der Waals surface area contributed by atoms with Gasteiger partial charge in [-0.1, -0.05) is 17.3 Å². The monoisotopic (exact) mass is 284 g/mol. The molecule has 0 saturated heterocycles. The van der Waals surface area contributed by atoms with Crippen LogP contribution in [0.2, 0.25) is 0 Å². The fourth-order valence-corrected chi connectivity index (χ4v) is 1.68. The molecule has 0 saturated carbocycles. The smallest absolute Gasteiger partial charge is 0.258 e. The lowest BCUT2D eigenvalue weighted by Gasteiger charge is -2.03. The molecular formula is C11H10ClFN4O2. The van der Waals surface area contributed by atoms with Gasteiger partial charge in [-0.3, -0.25) is 10.1 Å². The summed E-state index contributed by atoms with van der Waals surface area (Å²) in [5, 5.41) is 17.9. The van der Waals surface area contributed by atoms with Crippen LogP contribution in [0.25, 0.3) is 0 Å². The van der Waals surface area contributed by atoms with E-state index in [4.69, 9.17) is 11.6 Å². The van der Waals surface area contributed by atoms with Crippen LogP contribution in [0, 0.1) is 15.9 Å². The maximum Gasteiger partial charge on any atom is 0.305 e. The Morgan fingerprint density at radius 1 is 1.58 bits per heavy atom. The maximum absolute atomic E-state index is 13.8. The highest BCUT2D eigenvalue weighted by molar-refractivity contribution is 6.20. The third kappa shape index (κ3) is 2.87. The highest BCUT2D eigenvalue weighted by Gasteiger charge is 2.18. The van der Waals surface area contributed by atoms with Crippen LogP contribution in [-0.2, 0) is 6.54 Å². The van der Waals surface area contributed by atoms with Crippen LogP contribution in [-0.4, -0.2) is 19.9 Å². The summed E-state index contributed by atoms with van der Waals surface area (Å²) in [6.45, 7) is 1.80. The second-order valence-electron chi connectivity index (χ2n) is 3.96. The van der Waals surface area contributed by atoms with Crippen LogP contribution >= 0.6 is 11.6 Å². The third-order valence-corrected chi connectivity index (χ3v) is 2.77. The largest absolute Gasteiger partial charge is 0.305 e. The highest BCUT2D eigenvalue weighted by atomic mass is 35.5. The van der Waals surface area contributed by atoms with E-state index in [-0.39, 0.29) is 17.5 Å². The van der Waals surface area contributed by atoms with Crippen molar-refractivity contribution in [2.24, 2.45) is 0 Å². The lowest BCUT2D eigenvalue weighted by Crippen LogP contribution is -2.04. The zero-order valence-corrected chi connectivity index (χ0v) is 10.7. The number of benzene rings is 1. The van der Waals surface area contributed by atoms with E-state index in [1.807, 2.05) is 0 Å². The summed E-state index contributed by atoms with van der Waals surface area (Å²) in [6.07, 6.45) is 1.58. The number of nitro benzene ring substituents is 1. The molecular weight excluding hydrogens is 275 g/mol. The van der Waals surface area contributed by atoms with Crippen LogP contribution in [0.5, 0.6) is 0 Å². The van der Waals surface area contributed by atoms with Crippen molar-refractivity contribution in [1.29, 1.82) is 0 Å². The van der Waals surface area contributed by atoms with Crippen molar-refractivity contribution >= 4 is 17.3 Å². The Kier molecular flexibility index (Phi) is 3.75. The average molecular weight is 285 g/mol. The van der Waals surface area contributed by atoms with E-state index in [9.17, 15) is 14.5 Å². The van der Waals surface area contributed by atoms with Gasteiger partial charge in [0.15, 0.2) is 0 Å². The molecule has 1 atom stereocenters. The number of alkyl halides is 1. The van der Waals surface area contributed by atoms with E-state index in [1.54, 1.807) is 13.1 Å². The molecule has 0 amide bonds. The van der Waals surface area contributed by atoms with Crippen molar-refractivity contribution in [2.45, 2.75) is 18.8 Å². The Hall–Kier alpha value is -2.02. The number of nitro groups is 1. The SMILES string of the molecule is CC(Cl)c1cn(Cc2cccc([N+](=O)[O-])c2F)nn1. The Bertz CT molecular complexity index is 614.